The van der Waals surface area contributed by atoms with E-state index in [1.165, 1.54) is 11.1 Å². The second-order valence-corrected chi connectivity index (χ2v) is 3.21. The number of benzene rings is 1. The van der Waals surface area contributed by atoms with Crippen LogP contribution in [-0.4, -0.2) is 7.11 Å². The van der Waals surface area contributed by atoms with Gasteiger partial charge in [-0.25, -0.2) is 0 Å². The highest BCUT2D eigenvalue weighted by atomic mass is 16.5. The first-order valence-corrected chi connectivity index (χ1v) is 4.61. The van der Waals surface area contributed by atoms with Gasteiger partial charge >= 0.3 is 0 Å². The zero-order chi connectivity index (χ0) is 9.84. The fourth-order valence-corrected chi connectivity index (χ4v) is 1.45. The van der Waals surface area contributed by atoms with E-state index in [9.17, 15) is 0 Å². The molecule has 1 rings (SSSR count). The maximum Gasteiger partial charge on any atom is 0.119 e. The third kappa shape index (κ3) is 2.74. The maximum absolute atomic E-state index is 5.86. The summed E-state index contributed by atoms with van der Waals surface area (Å²) < 4.78 is 5.15. The number of ether oxygens (including phenoxy) is 1. The predicted molar refractivity (Wildman–Crippen MR) is 61.7 cm³/mol. The van der Waals surface area contributed by atoms with Gasteiger partial charge < -0.3 is 10.5 Å². The third-order valence-corrected chi connectivity index (χ3v) is 2.22. The minimum absolute atomic E-state index is 0. The fraction of sp³-hybridized carbons (Fsp3) is 0.500. The van der Waals surface area contributed by atoms with E-state index in [1.54, 1.807) is 7.11 Å². The molecule has 0 heterocycles. The Hall–Kier alpha value is -1.02. The van der Waals surface area contributed by atoms with Gasteiger partial charge in [-0.15, -0.1) is 0 Å². The molecule has 1 aromatic rings. The molecule has 0 amide bonds. The van der Waals surface area contributed by atoms with E-state index in [-0.39, 0.29) is 13.5 Å². The normalized spacial score (nSPS) is 11.7. The molecular formula is C12H21NO. The first kappa shape index (κ1) is 13.0. The van der Waals surface area contributed by atoms with Crippen LogP contribution in [0.2, 0.25) is 0 Å². The summed E-state index contributed by atoms with van der Waals surface area (Å²) >= 11 is 0. The van der Waals surface area contributed by atoms with Crippen LogP contribution in [-0.2, 0) is 6.42 Å². The molecule has 80 valence electrons. The van der Waals surface area contributed by atoms with Gasteiger partial charge in [-0.3, -0.25) is 0 Å². The van der Waals surface area contributed by atoms with Crippen LogP contribution in [0.15, 0.2) is 18.2 Å². The molecular weight excluding hydrogens is 174 g/mol. The molecule has 0 radical (unpaired) electrons. The van der Waals surface area contributed by atoms with Gasteiger partial charge in [0, 0.05) is 6.04 Å². The largest absolute Gasteiger partial charge is 0.497 e. The van der Waals surface area contributed by atoms with Gasteiger partial charge in [-0.1, -0.05) is 20.4 Å². The third-order valence-electron chi connectivity index (χ3n) is 2.22. The van der Waals surface area contributed by atoms with Crippen LogP contribution < -0.4 is 10.5 Å². The van der Waals surface area contributed by atoms with Crippen molar-refractivity contribution >= 4 is 0 Å². The molecule has 0 saturated heterocycles. The summed E-state index contributed by atoms with van der Waals surface area (Å²) in [5.41, 5.74) is 8.34. The van der Waals surface area contributed by atoms with E-state index in [2.05, 4.69) is 13.0 Å². The van der Waals surface area contributed by atoms with Gasteiger partial charge in [0.2, 0.25) is 0 Å². The van der Waals surface area contributed by atoms with Crippen LogP contribution in [0.4, 0.5) is 0 Å². The van der Waals surface area contributed by atoms with E-state index in [4.69, 9.17) is 10.5 Å². The quantitative estimate of drug-likeness (QED) is 0.804. The van der Waals surface area contributed by atoms with Gasteiger partial charge in [0.15, 0.2) is 0 Å². The molecule has 0 fully saturated rings. The van der Waals surface area contributed by atoms with E-state index >= 15 is 0 Å². The monoisotopic (exact) mass is 195 g/mol. The molecule has 14 heavy (non-hydrogen) atoms. The zero-order valence-corrected chi connectivity index (χ0v) is 8.50. The van der Waals surface area contributed by atoms with Crippen molar-refractivity contribution in [1.82, 2.24) is 0 Å². The predicted octanol–water partition coefficient (Wildman–Crippen LogP) is 2.91. The molecule has 0 bridgehead atoms. The van der Waals surface area contributed by atoms with Crippen molar-refractivity contribution in [3.8, 4) is 5.75 Å². The summed E-state index contributed by atoms with van der Waals surface area (Å²) in [7, 11) is 1.67. The average molecular weight is 195 g/mol. The van der Waals surface area contributed by atoms with Crippen LogP contribution in [0.1, 0.15) is 38.4 Å². The second-order valence-electron chi connectivity index (χ2n) is 3.21. The second kappa shape index (κ2) is 5.66. The number of hydrogen-bond donors (Lipinski definition) is 1. The molecule has 0 aliphatic heterocycles. The Kier molecular flexibility index (Phi) is 5.24. The number of hydrogen-bond acceptors (Lipinski definition) is 2. The summed E-state index contributed by atoms with van der Waals surface area (Å²) in [5.74, 6) is 0.879. The van der Waals surface area contributed by atoms with Crippen LogP contribution in [0.5, 0.6) is 5.75 Å². The molecule has 1 unspecified atom stereocenters. The highest BCUT2D eigenvalue weighted by Crippen LogP contribution is 2.22. The van der Waals surface area contributed by atoms with Crippen molar-refractivity contribution in [3.05, 3.63) is 29.3 Å². The van der Waals surface area contributed by atoms with Gasteiger partial charge in [0.05, 0.1) is 7.11 Å². The molecule has 0 spiro atoms. The van der Waals surface area contributed by atoms with Crippen LogP contribution in [0.25, 0.3) is 0 Å². The van der Waals surface area contributed by atoms with Crippen LogP contribution in [0.3, 0.4) is 0 Å². The lowest BCUT2D eigenvalue weighted by Gasteiger charge is -2.12. The number of rotatable bonds is 3. The smallest absolute Gasteiger partial charge is 0.119 e. The summed E-state index contributed by atoms with van der Waals surface area (Å²) in [6, 6.07) is 6.15. The lowest BCUT2D eigenvalue weighted by atomic mass is 10.00. The van der Waals surface area contributed by atoms with Crippen molar-refractivity contribution in [2.24, 2.45) is 5.73 Å². The maximum atomic E-state index is 5.86. The SMILES string of the molecule is C.CCc1ccc(OC)cc1C(C)N. The van der Waals surface area contributed by atoms with Crippen molar-refractivity contribution in [1.29, 1.82) is 0 Å². The Morgan fingerprint density at radius 2 is 2.07 bits per heavy atom. The molecule has 2 heteroatoms. The zero-order valence-electron chi connectivity index (χ0n) is 8.50. The first-order chi connectivity index (χ1) is 6.19. The van der Waals surface area contributed by atoms with Crippen molar-refractivity contribution in [2.45, 2.75) is 33.7 Å². The Morgan fingerprint density at radius 3 is 2.50 bits per heavy atom. The van der Waals surface area contributed by atoms with Crippen molar-refractivity contribution < 1.29 is 4.74 Å². The lowest BCUT2D eigenvalue weighted by Crippen LogP contribution is -2.08. The van der Waals surface area contributed by atoms with Crippen LogP contribution in [0, 0.1) is 0 Å². The van der Waals surface area contributed by atoms with Gasteiger partial charge in [0.25, 0.3) is 0 Å². The molecule has 0 aromatic heterocycles. The molecule has 0 aliphatic carbocycles. The average Bonchev–Trinajstić information content (AvgIpc) is 2.16. The standard InChI is InChI=1S/C11H17NO.CH4/c1-4-9-5-6-10(13-3)7-11(9)8(2)12;/h5-8H,4,12H2,1-3H3;1H4. The van der Waals surface area contributed by atoms with Crippen molar-refractivity contribution in [2.75, 3.05) is 7.11 Å². The molecule has 0 saturated carbocycles. The van der Waals surface area contributed by atoms with Gasteiger partial charge in [0.1, 0.15) is 5.75 Å². The van der Waals surface area contributed by atoms with E-state index < -0.39 is 0 Å². The Bertz CT molecular complexity index is 282. The molecule has 0 aliphatic rings. The highest BCUT2D eigenvalue weighted by Gasteiger charge is 2.06. The molecule has 1 aromatic carbocycles. The Balaban J connectivity index is 0.00000169. The minimum Gasteiger partial charge on any atom is -0.497 e. The number of aryl methyl sites for hydroxylation is 1. The summed E-state index contributed by atoms with van der Waals surface area (Å²) in [5, 5.41) is 0. The van der Waals surface area contributed by atoms with Crippen LogP contribution >= 0.6 is 0 Å². The summed E-state index contributed by atoms with van der Waals surface area (Å²) in [6.45, 7) is 4.13. The molecule has 2 nitrogen and oxygen atoms in total. The first-order valence-electron chi connectivity index (χ1n) is 4.61. The van der Waals surface area contributed by atoms with E-state index in [0.717, 1.165) is 12.2 Å². The van der Waals surface area contributed by atoms with E-state index in [0.29, 0.717) is 0 Å². The van der Waals surface area contributed by atoms with Crippen molar-refractivity contribution in [3.63, 3.8) is 0 Å². The number of methoxy groups -OCH3 is 1. The van der Waals surface area contributed by atoms with E-state index in [1.807, 2.05) is 19.1 Å². The molecule has 2 N–H and O–H groups in total. The summed E-state index contributed by atoms with van der Waals surface area (Å²) in [4.78, 5) is 0. The minimum atomic E-state index is 0. The Morgan fingerprint density at radius 1 is 1.43 bits per heavy atom. The Labute approximate surface area is 87.1 Å². The highest BCUT2D eigenvalue weighted by molar-refractivity contribution is 5.37. The fourth-order valence-electron chi connectivity index (χ4n) is 1.45. The lowest BCUT2D eigenvalue weighted by molar-refractivity contribution is 0.413. The molecule has 1 atom stereocenters. The topological polar surface area (TPSA) is 35.2 Å². The number of nitrogens with two attached hydrogens (primary N) is 1. The van der Waals surface area contributed by atoms with Gasteiger partial charge in [-0.2, -0.15) is 0 Å². The van der Waals surface area contributed by atoms with Gasteiger partial charge in [-0.05, 0) is 36.6 Å². The summed E-state index contributed by atoms with van der Waals surface area (Å²) in [6.07, 6.45) is 1.01.